The van der Waals surface area contributed by atoms with Crippen molar-refractivity contribution in [2.24, 2.45) is 0 Å². The van der Waals surface area contributed by atoms with Gasteiger partial charge in [-0.15, -0.1) is 0 Å². The number of halogens is 2. The van der Waals surface area contributed by atoms with Gasteiger partial charge in [-0.3, -0.25) is 4.90 Å². The van der Waals surface area contributed by atoms with Gasteiger partial charge in [-0.2, -0.15) is 0 Å². The molecule has 2 rings (SSSR count). The fourth-order valence-corrected chi connectivity index (χ4v) is 2.34. The Morgan fingerprint density at radius 2 is 1.61 bits per heavy atom. The maximum absolute atomic E-state index is 6.11. The second-order valence-corrected chi connectivity index (χ2v) is 4.89. The molecule has 1 fully saturated rings. The Labute approximate surface area is 120 Å². The summed E-state index contributed by atoms with van der Waals surface area (Å²) in [7, 11) is 0. The zero-order chi connectivity index (χ0) is 13.5. The highest BCUT2D eigenvalue weighted by Crippen LogP contribution is 2.26. The normalized spacial score (nSPS) is 16.1. The lowest BCUT2D eigenvalue weighted by Gasteiger charge is -2.26. The third-order valence-corrected chi connectivity index (χ3v) is 3.64. The molecule has 0 aromatic heterocycles. The fraction of sp³-hybridized carbons (Fsp3) is 0.571. The van der Waals surface area contributed by atoms with Gasteiger partial charge >= 0.3 is 0 Å². The predicted molar refractivity (Wildman–Crippen MR) is 78.6 cm³/mol. The van der Waals surface area contributed by atoms with Gasteiger partial charge in [0.05, 0.1) is 13.2 Å². The molecule has 0 saturated carbocycles. The minimum atomic E-state index is 0.746. The smallest absolute Gasteiger partial charge is 0.0594 e. The Morgan fingerprint density at radius 1 is 1.11 bits per heavy atom. The lowest BCUT2D eigenvalue weighted by atomic mass is 10.1. The van der Waals surface area contributed by atoms with Crippen molar-refractivity contribution in [1.29, 1.82) is 0 Å². The van der Waals surface area contributed by atoms with Crippen molar-refractivity contribution in [2.75, 3.05) is 26.3 Å². The Hall–Kier alpha value is -0.280. The molecule has 1 aromatic carbocycles. The molecule has 1 aromatic rings. The molecule has 0 aliphatic carbocycles. The highest BCUT2D eigenvalue weighted by Gasteiger charge is 2.12. The molecule has 2 nitrogen and oxygen atoms in total. The van der Waals surface area contributed by atoms with E-state index in [0.29, 0.717) is 0 Å². The zero-order valence-electron chi connectivity index (χ0n) is 11.3. The highest BCUT2D eigenvalue weighted by molar-refractivity contribution is 6.36. The quantitative estimate of drug-likeness (QED) is 0.811. The summed E-state index contributed by atoms with van der Waals surface area (Å²) >= 11 is 12.2. The van der Waals surface area contributed by atoms with E-state index in [1.165, 1.54) is 5.56 Å². The lowest BCUT2D eigenvalue weighted by Crippen LogP contribution is -2.35. The molecule has 1 heterocycles. The van der Waals surface area contributed by atoms with Crippen molar-refractivity contribution < 1.29 is 4.74 Å². The molecule has 0 bridgehead atoms. The first-order chi connectivity index (χ1) is 8.66. The maximum atomic E-state index is 6.11. The monoisotopic (exact) mass is 289 g/mol. The van der Waals surface area contributed by atoms with Crippen molar-refractivity contribution in [1.82, 2.24) is 4.90 Å². The summed E-state index contributed by atoms with van der Waals surface area (Å²) in [5.74, 6) is 0. The van der Waals surface area contributed by atoms with Crippen LogP contribution < -0.4 is 0 Å². The van der Waals surface area contributed by atoms with Gasteiger partial charge < -0.3 is 4.74 Å². The first kappa shape index (κ1) is 15.8. The molecule has 0 amide bonds. The van der Waals surface area contributed by atoms with E-state index in [2.05, 4.69) is 4.90 Å². The van der Waals surface area contributed by atoms with Crippen molar-refractivity contribution in [2.45, 2.75) is 27.3 Å². The average molecular weight is 290 g/mol. The number of morpholine rings is 1. The second kappa shape index (κ2) is 8.00. The van der Waals surface area contributed by atoms with Crippen molar-refractivity contribution in [3.63, 3.8) is 0 Å². The number of nitrogens with zero attached hydrogens (tertiary/aromatic N) is 1. The van der Waals surface area contributed by atoms with Crippen LogP contribution in [0.2, 0.25) is 10.0 Å². The summed E-state index contributed by atoms with van der Waals surface area (Å²) in [5.41, 5.74) is 2.12. The van der Waals surface area contributed by atoms with Crippen LogP contribution in [0, 0.1) is 6.92 Å². The summed E-state index contributed by atoms with van der Waals surface area (Å²) in [6, 6.07) is 4.00. The number of hydrogen-bond donors (Lipinski definition) is 0. The minimum absolute atomic E-state index is 0.746. The topological polar surface area (TPSA) is 12.5 Å². The number of benzene rings is 1. The molecule has 4 heteroatoms. The SMILES string of the molecule is CC.Cc1c(Cl)cc(CN2CCOCC2)cc1Cl. The summed E-state index contributed by atoms with van der Waals surface area (Å²) in [4.78, 5) is 2.35. The van der Waals surface area contributed by atoms with Crippen LogP contribution in [0.1, 0.15) is 25.0 Å². The number of rotatable bonds is 2. The summed E-state index contributed by atoms with van der Waals surface area (Å²) in [6.45, 7) is 10.4. The van der Waals surface area contributed by atoms with E-state index in [0.717, 1.165) is 48.5 Å². The van der Waals surface area contributed by atoms with E-state index in [1.807, 2.05) is 32.9 Å². The Balaban J connectivity index is 0.000000771. The predicted octanol–water partition coefficient (Wildman–Crippen LogP) is 4.16. The Bertz CT molecular complexity index is 353. The molecule has 0 unspecified atom stereocenters. The second-order valence-electron chi connectivity index (χ2n) is 4.07. The summed E-state index contributed by atoms with van der Waals surface area (Å²) in [5, 5.41) is 1.49. The van der Waals surface area contributed by atoms with Crippen molar-refractivity contribution in [3.05, 3.63) is 33.3 Å². The van der Waals surface area contributed by atoms with Crippen LogP contribution in [0.15, 0.2) is 12.1 Å². The van der Waals surface area contributed by atoms with Crippen LogP contribution in [0.5, 0.6) is 0 Å². The molecule has 0 N–H and O–H groups in total. The first-order valence-electron chi connectivity index (χ1n) is 6.41. The zero-order valence-corrected chi connectivity index (χ0v) is 12.8. The molecule has 0 radical (unpaired) electrons. The van der Waals surface area contributed by atoms with Gasteiger partial charge in [0, 0.05) is 29.7 Å². The van der Waals surface area contributed by atoms with Gasteiger partial charge in [0.1, 0.15) is 0 Å². The van der Waals surface area contributed by atoms with Crippen LogP contribution >= 0.6 is 23.2 Å². The van der Waals surface area contributed by atoms with Crippen LogP contribution in [-0.2, 0) is 11.3 Å². The Kier molecular flexibility index (Phi) is 7.02. The molecule has 1 aliphatic rings. The minimum Gasteiger partial charge on any atom is -0.379 e. The van der Waals surface area contributed by atoms with Gasteiger partial charge in [-0.05, 0) is 30.2 Å². The van der Waals surface area contributed by atoms with Gasteiger partial charge in [0.25, 0.3) is 0 Å². The first-order valence-corrected chi connectivity index (χ1v) is 7.17. The van der Waals surface area contributed by atoms with E-state index in [4.69, 9.17) is 27.9 Å². The fourth-order valence-electron chi connectivity index (χ4n) is 1.81. The van der Waals surface area contributed by atoms with Crippen molar-refractivity contribution >= 4 is 23.2 Å². The number of ether oxygens (including phenoxy) is 1. The summed E-state index contributed by atoms with van der Waals surface area (Å²) in [6.07, 6.45) is 0. The molecule has 1 aliphatic heterocycles. The third-order valence-electron chi connectivity index (χ3n) is 2.85. The van der Waals surface area contributed by atoms with Crippen LogP contribution in [0.4, 0.5) is 0 Å². The summed E-state index contributed by atoms with van der Waals surface area (Å²) < 4.78 is 5.31. The number of hydrogen-bond acceptors (Lipinski definition) is 2. The van der Waals surface area contributed by atoms with Gasteiger partial charge in [0.15, 0.2) is 0 Å². The van der Waals surface area contributed by atoms with E-state index in [1.54, 1.807) is 0 Å². The van der Waals surface area contributed by atoms with E-state index >= 15 is 0 Å². The Morgan fingerprint density at radius 3 is 2.11 bits per heavy atom. The van der Waals surface area contributed by atoms with E-state index in [9.17, 15) is 0 Å². The third kappa shape index (κ3) is 4.43. The lowest BCUT2D eigenvalue weighted by molar-refractivity contribution is 0.0342. The molecule has 0 atom stereocenters. The molecule has 1 saturated heterocycles. The van der Waals surface area contributed by atoms with Gasteiger partial charge in [-0.25, -0.2) is 0 Å². The van der Waals surface area contributed by atoms with Gasteiger partial charge in [0.2, 0.25) is 0 Å². The molecular formula is C14H21Cl2NO. The van der Waals surface area contributed by atoms with Crippen LogP contribution in [-0.4, -0.2) is 31.2 Å². The molecule has 0 spiro atoms. The molecular weight excluding hydrogens is 269 g/mol. The highest BCUT2D eigenvalue weighted by atomic mass is 35.5. The molecule has 102 valence electrons. The largest absolute Gasteiger partial charge is 0.379 e. The standard InChI is InChI=1S/C12H15Cl2NO.C2H6/c1-9-11(13)6-10(7-12(9)14)8-15-2-4-16-5-3-15;1-2/h6-7H,2-5,8H2,1H3;1-2H3. The molecule has 18 heavy (non-hydrogen) atoms. The van der Waals surface area contributed by atoms with Gasteiger partial charge in [-0.1, -0.05) is 37.0 Å². The van der Waals surface area contributed by atoms with Crippen LogP contribution in [0.25, 0.3) is 0 Å². The average Bonchev–Trinajstić information content (AvgIpc) is 2.39. The van der Waals surface area contributed by atoms with Crippen molar-refractivity contribution in [3.8, 4) is 0 Å². The maximum Gasteiger partial charge on any atom is 0.0594 e. The van der Waals surface area contributed by atoms with Crippen LogP contribution in [0.3, 0.4) is 0 Å². The van der Waals surface area contributed by atoms with E-state index < -0.39 is 0 Å². The van der Waals surface area contributed by atoms with E-state index in [-0.39, 0.29) is 0 Å².